The van der Waals surface area contributed by atoms with Gasteiger partial charge in [0.15, 0.2) is 0 Å². The Hall–Kier alpha value is -1.51. The van der Waals surface area contributed by atoms with Gasteiger partial charge in [-0.2, -0.15) is 0 Å². The molecule has 0 N–H and O–H groups in total. The second kappa shape index (κ2) is 11.9. The molecule has 0 aliphatic heterocycles. The van der Waals surface area contributed by atoms with E-state index in [-0.39, 0.29) is 12.4 Å². The van der Waals surface area contributed by atoms with Crippen LogP contribution in [-0.4, -0.2) is 30.6 Å². The van der Waals surface area contributed by atoms with Crippen molar-refractivity contribution in [3.8, 4) is 5.75 Å². The fourth-order valence-corrected chi connectivity index (χ4v) is 3.05. The first-order valence-electron chi connectivity index (χ1n) is 9.23. The molecule has 1 atom stereocenters. The predicted octanol–water partition coefficient (Wildman–Crippen LogP) is 5.59. The summed E-state index contributed by atoms with van der Waals surface area (Å²) in [6.45, 7) is 9.78. The van der Waals surface area contributed by atoms with E-state index in [1.807, 2.05) is 0 Å². The smallest absolute Gasteiger partial charge is 0.122 e. The lowest BCUT2D eigenvalue weighted by molar-refractivity contribution is 0.145. The van der Waals surface area contributed by atoms with Gasteiger partial charge in [-0.05, 0) is 50.0 Å². The van der Waals surface area contributed by atoms with Gasteiger partial charge in [0.05, 0.1) is 0 Å². The molecule has 0 aromatic heterocycles. The molecule has 0 aliphatic rings. The van der Waals surface area contributed by atoms with Crippen LogP contribution in [0.3, 0.4) is 0 Å². The van der Waals surface area contributed by atoms with Crippen molar-refractivity contribution in [2.24, 2.45) is 0 Å². The second-order valence-electron chi connectivity index (χ2n) is 6.47. The first kappa shape index (κ1) is 21.5. The average Bonchev–Trinajstić information content (AvgIpc) is 2.61. The third-order valence-electron chi connectivity index (χ3n) is 4.34. The molecule has 0 amide bonds. The molecule has 2 nitrogen and oxygen atoms in total. The summed E-state index contributed by atoms with van der Waals surface area (Å²) >= 11 is 0. The average molecular weight is 362 g/mol. The molecule has 0 spiro atoms. The molecule has 0 saturated heterocycles. The van der Waals surface area contributed by atoms with Crippen LogP contribution >= 0.6 is 12.4 Å². The fourth-order valence-electron chi connectivity index (χ4n) is 3.05. The first-order chi connectivity index (χ1) is 11.7. The Morgan fingerprint density at radius 1 is 0.880 bits per heavy atom. The number of halogens is 1. The van der Waals surface area contributed by atoms with Gasteiger partial charge in [-0.25, -0.2) is 0 Å². The van der Waals surface area contributed by atoms with Gasteiger partial charge in [0.1, 0.15) is 12.4 Å². The van der Waals surface area contributed by atoms with E-state index in [1.165, 1.54) is 24.0 Å². The van der Waals surface area contributed by atoms with Crippen molar-refractivity contribution < 1.29 is 4.74 Å². The number of hydrogen-bond acceptors (Lipinski definition) is 2. The Morgan fingerprint density at radius 3 is 2.12 bits per heavy atom. The standard InChI is InChI=1S/C22H31NO.ClH/c1-4-15-23(16-5-2)19(3)18-24-22-14-10-9-13-21(22)17-20-11-7-6-8-12-20;/h6-14,19H,4-5,15-18H2,1-3H3;1H. The lowest BCUT2D eigenvalue weighted by atomic mass is 10.0. The molecule has 0 saturated carbocycles. The van der Waals surface area contributed by atoms with Crippen LogP contribution in [-0.2, 0) is 6.42 Å². The molecule has 0 bridgehead atoms. The number of ether oxygens (including phenoxy) is 1. The molecule has 0 radical (unpaired) electrons. The summed E-state index contributed by atoms with van der Waals surface area (Å²) in [6.07, 6.45) is 3.29. The van der Waals surface area contributed by atoms with E-state index in [0.717, 1.165) is 31.9 Å². The summed E-state index contributed by atoms with van der Waals surface area (Å²) in [4.78, 5) is 2.53. The van der Waals surface area contributed by atoms with Gasteiger partial charge in [-0.1, -0.05) is 62.4 Å². The van der Waals surface area contributed by atoms with Crippen molar-refractivity contribution in [2.45, 2.75) is 46.1 Å². The fraction of sp³-hybridized carbons (Fsp3) is 0.455. The van der Waals surface area contributed by atoms with Crippen LogP contribution < -0.4 is 4.74 Å². The first-order valence-corrected chi connectivity index (χ1v) is 9.23. The molecule has 2 aromatic carbocycles. The zero-order valence-electron chi connectivity index (χ0n) is 15.8. The third-order valence-corrected chi connectivity index (χ3v) is 4.34. The molecule has 3 heteroatoms. The van der Waals surface area contributed by atoms with Crippen LogP contribution in [0.4, 0.5) is 0 Å². The quantitative estimate of drug-likeness (QED) is 0.547. The minimum atomic E-state index is 0. The largest absolute Gasteiger partial charge is 0.492 e. The molecule has 138 valence electrons. The lowest BCUT2D eigenvalue weighted by Gasteiger charge is -2.28. The van der Waals surface area contributed by atoms with Gasteiger partial charge < -0.3 is 4.74 Å². The molecule has 0 heterocycles. The predicted molar refractivity (Wildman–Crippen MR) is 110 cm³/mol. The van der Waals surface area contributed by atoms with E-state index in [2.05, 4.69) is 80.3 Å². The van der Waals surface area contributed by atoms with Gasteiger partial charge in [0.25, 0.3) is 0 Å². The third kappa shape index (κ3) is 7.09. The van der Waals surface area contributed by atoms with E-state index in [1.54, 1.807) is 0 Å². The molecule has 2 rings (SSSR count). The highest BCUT2D eigenvalue weighted by Gasteiger charge is 2.13. The normalized spacial score (nSPS) is 11.8. The maximum Gasteiger partial charge on any atom is 0.122 e. The number of rotatable bonds is 10. The summed E-state index contributed by atoms with van der Waals surface area (Å²) < 4.78 is 6.20. The van der Waals surface area contributed by atoms with Gasteiger partial charge in [0, 0.05) is 12.5 Å². The second-order valence-corrected chi connectivity index (χ2v) is 6.47. The van der Waals surface area contributed by atoms with E-state index in [4.69, 9.17) is 4.74 Å². The Morgan fingerprint density at radius 2 is 1.48 bits per heavy atom. The summed E-state index contributed by atoms with van der Waals surface area (Å²) in [5.74, 6) is 1.01. The molecular weight excluding hydrogens is 330 g/mol. The van der Waals surface area contributed by atoms with E-state index in [0.29, 0.717) is 6.04 Å². The van der Waals surface area contributed by atoms with Crippen LogP contribution in [0.25, 0.3) is 0 Å². The summed E-state index contributed by atoms with van der Waals surface area (Å²) in [5, 5.41) is 0. The highest BCUT2D eigenvalue weighted by atomic mass is 35.5. The minimum Gasteiger partial charge on any atom is -0.492 e. The van der Waals surface area contributed by atoms with Gasteiger partial charge in [-0.15, -0.1) is 12.4 Å². The molecule has 0 fully saturated rings. The Bertz CT molecular complexity index is 582. The SMILES string of the molecule is CCCN(CCC)C(C)COc1ccccc1Cc1ccccc1.Cl. The number of para-hydroxylation sites is 1. The van der Waals surface area contributed by atoms with Crippen molar-refractivity contribution in [1.82, 2.24) is 4.90 Å². The maximum absolute atomic E-state index is 6.20. The van der Waals surface area contributed by atoms with E-state index in [9.17, 15) is 0 Å². The summed E-state index contributed by atoms with van der Waals surface area (Å²) in [6, 6.07) is 19.4. The van der Waals surface area contributed by atoms with Crippen LogP contribution in [0.2, 0.25) is 0 Å². The van der Waals surface area contributed by atoms with Gasteiger partial charge in [-0.3, -0.25) is 4.90 Å². The maximum atomic E-state index is 6.20. The molecule has 1 unspecified atom stereocenters. The number of benzene rings is 2. The molecular formula is C22H32ClNO. The van der Waals surface area contributed by atoms with E-state index < -0.39 is 0 Å². The van der Waals surface area contributed by atoms with E-state index >= 15 is 0 Å². The zero-order valence-corrected chi connectivity index (χ0v) is 16.6. The van der Waals surface area contributed by atoms with Crippen molar-refractivity contribution in [3.05, 3.63) is 65.7 Å². The molecule has 0 aliphatic carbocycles. The van der Waals surface area contributed by atoms with Crippen LogP contribution in [0.1, 0.15) is 44.7 Å². The summed E-state index contributed by atoms with van der Waals surface area (Å²) in [7, 11) is 0. The van der Waals surface area contributed by atoms with Crippen molar-refractivity contribution in [3.63, 3.8) is 0 Å². The van der Waals surface area contributed by atoms with Crippen molar-refractivity contribution >= 4 is 12.4 Å². The Labute approximate surface area is 159 Å². The van der Waals surface area contributed by atoms with Crippen LogP contribution in [0.5, 0.6) is 5.75 Å². The molecule has 25 heavy (non-hydrogen) atoms. The van der Waals surface area contributed by atoms with Gasteiger partial charge in [0.2, 0.25) is 0 Å². The number of nitrogens with zero attached hydrogens (tertiary/aromatic N) is 1. The van der Waals surface area contributed by atoms with Crippen LogP contribution in [0, 0.1) is 0 Å². The summed E-state index contributed by atoms with van der Waals surface area (Å²) in [5.41, 5.74) is 2.58. The van der Waals surface area contributed by atoms with Crippen molar-refractivity contribution in [2.75, 3.05) is 19.7 Å². The molecule has 2 aromatic rings. The highest BCUT2D eigenvalue weighted by molar-refractivity contribution is 5.85. The Balaban J connectivity index is 0.00000312. The topological polar surface area (TPSA) is 12.5 Å². The monoisotopic (exact) mass is 361 g/mol. The zero-order chi connectivity index (χ0) is 17.2. The lowest BCUT2D eigenvalue weighted by Crippen LogP contribution is -2.38. The Kier molecular flexibility index (Phi) is 10.3. The number of hydrogen-bond donors (Lipinski definition) is 0. The highest BCUT2D eigenvalue weighted by Crippen LogP contribution is 2.22. The van der Waals surface area contributed by atoms with Gasteiger partial charge >= 0.3 is 0 Å². The van der Waals surface area contributed by atoms with Crippen molar-refractivity contribution in [1.29, 1.82) is 0 Å². The minimum absolute atomic E-state index is 0. The van der Waals surface area contributed by atoms with Crippen LogP contribution in [0.15, 0.2) is 54.6 Å².